The molecule has 2 N–H and O–H groups in total. The average Bonchev–Trinajstić information content (AvgIpc) is 3.23. The standard InChI is InChI=1S/C14H24N2O3/c1-2-19-14(18)11-4-3-7-16(9-11)13(17)8-12(15)10-5-6-10/h10-12H,2-9,15H2,1H3. The molecule has 0 aromatic rings. The molecule has 1 saturated heterocycles. The smallest absolute Gasteiger partial charge is 0.310 e. The summed E-state index contributed by atoms with van der Waals surface area (Å²) in [6.07, 6.45) is 4.41. The highest BCUT2D eigenvalue weighted by Crippen LogP contribution is 2.33. The minimum absolute atomic E-state index is 0.00419. The van der Waals surface area contributed by atoms with Crippen LogP contribution in [0.5, 0.6) is 0 Å². The predicted octanol–water partition coefficient (Wildman–Crippen LogP) is 0.915. The summed E-state index contributed by atoms with van der Waals surface area (Å²) in [6, 6.07) is -0.00419. The second-order valence-electron chi connectivity index (χ2n) is 5.64. The molecule has 1 aliphatic heterocycles. The molecule has 1 heterocycles. The molecule has 0 bridgehead atoms. The molecule has 2 aliphatic rings. The lowest BCUT2D eigenvalue weighted by atomic mass is 9.97. The van der Waals surface area contributed by atoms with Crippen LogP contribution in [0.4, 0.5) is 0 Å². The number of ether oxygens (including phenoxy) is 1. The van der Waals surface area contributed by atoms with Crippen molar-refractivity contribution in [3.8, 4) is 0 Å². The van der Waals surface area contributed by atoms with Crippen molar-refractivity contribution in [1.29, 1.82) is 0 Å². The van der Waals surface area contributed by atoms with Crippen molar-refractivity contribution >= 4 is 11.9 Å². The van der Waals surface area contributed by atoms with Crippen LogP contribution < -0.4 is 5.73 Å². The van der Waals surface area contributed by atoms with Crippen LogP contribution in [0.15, 0.2) is 0 Å². The number of carbonyl (C=O) groups excluding carboxylic acids is 2. The van der Waals surface area contributed by atoms with E-state index in [9.17, 15) is 9.59 Å². The highest BCUT2D eigenvalue weighted by Gasteiger charge is 2.33. The van der Waals surface area contributed by atoms with Crippen molar-refractivity contribution in [2.24, 2.45) is 17.6 Å². The summed E-state index contributed by atoms with van der Waals surface area (Å²) in [5.74, 6) is 0.296. The quantitative estimate of drug-likeness (QED) is 0.752. The van der Waals surface area contributed by atoms with Crippen LogP contribution in [0.3, 0.4) is 0 Å². The normalized spacial score (nSPS) is 24.9. The third-order valence-corrected chi connectivity index (χ3v) is 4.03. The zero-order chi connectivity index (χ0) is 13.8. The molecule has 2 unspecified atom stereocenters. The molecule has 108 valence electrons. The number of amides is 1. The Labute approximate surface area is 114 Å². The molecule has 5 heteroatoms. The van der Waals surface area contributed by atoms with Crippen LogP contribution in [0.25, 0.3) is 0 Å². The van der Waals surface area contributed by atoms with Crippen molar-refractivity contribution in [1.82, 2.24) is 4.90 Å². The van der Waals surface area contributed by atoms with Crippen LogP contribution in [-0.2, 0) is 14.3 Å². The fraction of sp³-hybridized carbons (Fsp3) is 0.857. The first-order chi connectivity index (χ1) is 9.11. The first-order valence-corrected chi connectivity index (χ1v) is 7.31. The Morgan fingerprint density at radius 2 is 2.11 bits per heavy atom. The summed E-state index contributed by atoms with van der Waals surface area (Å²) in [4.78, 5) is 25.7. The van der Waals surface area contributed by atoms with Gasteiger partial charge in [-0.2, -0.15) is 0 Å². The van der Waals surface area contributed by atoms with Gasteiger partial charge in [0.1, 0.15) is 0 Å². The summed E-state index contributed by atoms with van der Waals surface area (Å²) in [5.41, 5.74) is 5.99. The number of rotatable bonds is 5. The molecule has 1 amide bonds. The summed E-state index contributed by atoms with van der Waals surface area (Å²) in [7, 11) is 0. The lowest BCUT2D eigenvalue weighted by Gasteiger charge is -2.32. The van der Waals surface area contributed by atoms with Gasteiger partial charge in [0.2, 0.25) is 5.91 Å². The van der Waals surface area contributed by atoms with E-state index in [1.165, 1.54) is 0 Å². The Hall–Kier alpha value is -1.10. The Balaban J connectivity index is 1.82. The van der Waals surface area contributed by atoms with Gasteiger partial charge >= 0.3 is 5.97 Å². The number of likely N-dealkylation sites (tertiary alicyclic amines) is 1. The maximum absolute atomic E-state index is 12.2. The number of esters is 1. The second-order valence-corrected chi connectivity index (χ2v) is 5.64. The number of nitrogens with two attached hydrogens (primary N) is 1. The molecular formula is C14H24N2O3. The van der Waals surface area contributed by atoms with E-state index in [1.807, 2.05) is 0 Å². The SMILES string of the molecule is CCOC(=O)C1CCCN(C(=O)CC(N)C2CC2)C1. The Kier molecular flexibility index (Phi) is 4.80. The number of hydrogen-bond donors (Lipinski definition) is 1. The van der Waals surface area contributed by atoms with Gasteiger partial charge in [0.05, 0.1) is 12.5 Å². The number of nitrogens with zero attached hydrogens (tertiary/aromatic N) is 1. The van der Waals surface area contributed by atoms with Crippen LogP contribution in [0, 0.1) is 11.8 Å². The lowest BCUT2D eigenvalue weighted by molar-refractivity contribution is -0.151. The van der Waals surface area contributed by atoms with Crippen molar-refractivity contribution in [3.63, 3.8) is 0 Å². The van der Waals surface area contributed by atoms with Gasteiger partial charge in [-0.3, -0.25) is 9.59 Å². The molecule has 19 heavy (non-hydrogen) atoms. The molecule has 1 aliphatic carbocycles. The predicted molar refractivity (Wildman–Crippen MR) is 71.3 cm³/mol. The maximum atomic E-state index is 12.2. The Morgan fingerprint density at radius 1 is 1.37 bits per heavy atom. The molecule has 0 aromatic heterocycles. The van der Waals surface area contributed by atoms with Gasteiger partial charge < -0.3 is 15.4 Å². The Morgan fingerprint density at radius 3 is 2.74 bits per heavy atom. The van der Waals surface area contributed by atoms with Gasteiger partial charge in [0.15, 0.2) is 0 Å². The van der Waals surface area contributed by atoms with Crippen molar-refractivity contribution in [2.75, 3.05) is 19.7 Å². The zero-order valence-corrected chi connectivity index (χ0v) is 11.6. The summed E-state index contributed by atoms with van der Waals surface area (Å²) in [6.45, 7) is 3.44. The first-order valence-electron chi connectivity index (χ1n) is 7.31. The molecule has 0 aromatic carbocycles. The summed E-state index contributed by atoms with van der Waals surface area (Å²) < 4.78 is 5.04. The summed E-state index contributed by atoms with van der Waals surface area (Å²) >= 11 is 0. The van der Waals surface area contributed by atoms with Crippen LogP contribution >= 0.6 is 0 Å². The van der Waals surface area contributed by atoms with Crippen molar-refractivity contribution in [2.45, 2.75) is 45.1 Å². The largest absolute Gasteiger partial charge is 0.466 e. The highest BCUT2D eigenvalue weighted by molar-refractivity contribution is 5.79. The van der Waals surface area contributed by atoms with Gasteiger partial charge in [-0.25, -0.2) is 0 Å². The minimum atomic E-state index is -0.175. The Bertz CT molecular complexity index is 342. The monoisotopic (exact) mass is 268 g/mol. The number of piperidine rings is 1. The topological polar surface area (TPSA) is 72.6 Å². The van der Waals surface area contributed by atoms with E-state index in [0.29, 0.717) is 25.5 Å². The average molecular weight is 268 g/mol. The maximum Gasteiger partial charge on any atom is 0.310 e. The van der Waals surface area contributed by atoms with E-state index in [-0.39, 0.29) is 23.8 Å². The minimum Gasteiger partial charge on any atom is -0.466 e. The van der Waals surface area contributed by atoms with E-state index in [2.05, 4.69) is 0 Å². The molecule has 5 nitrogen and oxygen atoms in total. The van der Waals surface area contributed by atoms with Gasteiger partial charge in [-0.05, 0) is 38.5 Å². The van der Waals surface area contributed by atoms with Crippen LogP contribution in [-0.4, -0.2) is 42.5 Å². The third kappa shape index (κ3) is 3.93. The van der Waals surface area contributed by atoms with E-state index < -0.39 is 0 Å². The van der Waals surface area contributed by atoms with E-state index in [4.69, 9.17) is 10.5 Å². The zero-order valence-electron chi connectivity index (χ0n) is 11.6. The van der Waals surface area contributed by atoms with E-state index in [1.54, 1.807) is 11.8 Å². The molecule has 2 fully saturated rings. The number of hydrogen-bond acceptors (Lipinski definition) is 4. The van der Waals surface area contributed by atoms with Crippen LogP contribution in [0.2, 0.25) is 0 Å². The van der Waals surface area contributed by atoms with Gasteiger partial charge in [0, 0.05) is 25.6 Å². The van der Waals surface area contributed by atoms with Gasteiger partial charge in [0.25, 0.3) is 0 Å². The fourth-order valence-electron chi connectivity index (χ4n) is 2.68. The highest BCUT2D eigenvalue weighted by atomic mass is 16.5. The van der Waals surface area contributed by atoms with Gasteiger partial charge in [-0.1, -0.05) is 0 Å². The van der Waals surface area contributed by atoms with Crippen molar-refractivity contribution in [3.05, 3.63) is 0 Å². The second kappa shape index (κ2) is 6.37. The molecule has 0 spiro atoms. The summed E-state index contributed by atoms with van der Waals surface area (Å²) in [5, 5.41) is 0. The molecule has 1 saturated carbocycles. The molecule has 0 radical (unpaired) electrons. The first kappa shape index (κ1) is 14.3. The molecular weight excluding hydrogens is 244 g/mol. The van der Waals surface area contributed by atoms with Crippen LogP contribution in [0.1, 0.15) is 39.0 Å². The van der Waals surface area contributed by atoms with Gasteiger partial charge in [-0.15, -0.1) is 0 Å². The van der Waals surface area contributed by atoms with Crippen molar-refractivity contribution < 1.29 is 14.3 Å². The van der Waals surface area contributed by atoms with E-state index >= 15 is 0 Å². The molecule has 2 rings (SSSR count). The fourth-order valence-corrected chi connectivity index (χ4v) is 2.68. The number of carbonyl (C=O) groups is 2. The van der Waals surface area contributed by atoms with E-state index in [0.717, 1.165) is 32.2 Å². The lowest BCUT2D eigenvalue weighted by Crippen LogP contribution is -2.44. The molecule has 2 atom stereocenters. The third-order valence-electron chi connectivity index (χ3n) is 4.03.